The van der Waals surface area contributed by atoms with Crippen molar-refractivity contribution < 1.29 is 8.23 Å². The minimum atomic E-state index is -3.61. The van der Waals surface area contributed by atoms with E-state index in [1.165, 1.54) is 0 Å². The van der Waals surface area contributed by atoms with Crippen molar-refractivity contribution >= 4 is 56.3 Å². The molecule has 0 aromatic heterocycles. The Hall–Kier alpha value is -4.63. The third kappa shape index (κ3) is 5.80. The van der Waals surface area contributed by atoms with Crippen LogP contribution in [0.3, 0.4) is 0 Å². The second kappa shape index (κ2) is 13.6. The minimum Gasteiger partial charge on any atom is -0.419 e. The van der Waals surface area contributed by atoms with Gasteiger partial charge in [0.15, 0.2) is 0 Å². The molecular weight excluding hydrogens is 597 g/mol. The van der Waals surface area contributed by atoms with Crippen molar-refractivity contribution in [1.29, 1.82) is 0 Å². The SMILES string of the molecule is C=C[Si](O[Si](O[Si](C=C)(c1ccccc1)c1ccccc1)(c1ccccc1)c1ccccc1)(c1ccccc1)c1ccccc1. The number of hydrogen-bond acceptors (Lipinski definition) is 2. The van der Waals surface area contributed by atoms with Crippen LogP contribution >= 0.6 is 0 Å². The van der Waals surface area contributed by atoms with E-state index in [2.05, 4.69) is 170 Å². The van der Waals surface area contributed by atoms with E-state index in [0.29, 0.717) is 0 Å². The van der Waals surface area contributed by atoms with Crippen LogP contribution in [0.25, 0.3) is 0 Å². The molecule has 0 fully saturated rings. The Kier molecular flexibility index (Phi) is 9.16. The quantitative estimate of drug-likeness (QED) is 0.172. The van der Waals surface area contributed by atoms with Crippen LogP contribution in [0.15, 0.2) is 207 Å². The summed E-state index contributed by atoms with van der Waals surface area (Å²) >= 11 is 0. The lowest BCUT2D eigenvalue weighted by Gasteiger charge is -2.45. The zero-order valence-electron chi connectivity index (χ0n) is 25.2. The number of benzene rings is 6. The highest BCUT2D eigenvalue weighted by atomic mass is 28.5. The summed E-state index contributed by atoms with van der Waals surface area (Å²) in [7, 11) is -9.91. The topological polar surface area (TPSA) is 18.5 Å². The molecule has 220 valence electrons. The van der Waals surface area contributed by atoms with E-state index in [9.17, 15) is 0 Å². The van der Waals surface area contributed by atoms with Gasteiger partial charge in [0.2, 0.25) is 0 Å². The van der Waals surface area contributed by atoms with Crippen molar-refractivity contribution in [3.8, 4) is 0 Å². The molecule has 0 unspecified atom stereocenters. The van der Waals surface area contributed by atoms with Gasteiger partial charge in [-0.2, -0.15) is 0 Å². The largest absolute Gasteiger partial charge is 0.419 e. The Morgan fingerprint density at radius 3 is 0.711 bits per heavy atom. The summed E-state index contributed by atoms with van der Waals surface area (Å²) in [5.74, 6) is 0. The molecule has 0 aliphatic carbocycles. The van der Waals surface area contributed by atoms with Crippen LogP contribution in [0.5, 0.6) is 0 Å². The number of hydrogen-bond donors (Lipinski definition) is 0. The first-order valence-corrected chi connectivity index (χ1v) is 21.0. The molecule has 0 N–H and O–H groups in total. The van der Waals surface area contributed by atoms with Crippen LogP contribution in [0.2, 0.25) is 0 Å². The molecule has 0 saturated heterocycles. The molecule has 6 rings (SSSR count). The highest BCUT2D eigenvalue weighted by Crippen LogP contribution is 2.24. The van der Waals surface area contributed by atoms with Gasteiger partial charge in [-0.15, -0.1) is 13.2 Å². The van der Waals surface area contributed by atoms with E-state index < -0.39 is 25.2 Å². The smallest absolute Gasteiger partial charge is 0.387 e. The monoisotopic (exact) mass is 632 g/mol. The molecule has 6 aromatic carbocycles. The van der Waals surface area contributed by atoms with E-state index in [4.69, 9.17) is 8.23 Å². The third-order valence-electron chi connectivity index (χ3n) is 8.30. The maximum Gasteiger partial charge on any atom is 0.387 e. The summed E-state index contributed by atoms with van der Waals surface area (Å²) in [6, 6.07) is 63.3. The fraction of sp³-hybridized carbons (Fsp3) is 0. The third-order valence-corrected chi connectivity index (χ3v) is 21.3. The molecule has 0 radical (unpaired) electrons. The van der Waals surface area contributed by atoms with Crippen LogP contribution in [-0.2, 0) is 8.23 Å². The molecule has 0 saturated carbocycles. The molecule has 0 bridgehead atoms. The van der Waals surface area contributed by atoms with Gasteiger partial charge in [-0.3, -0.25) is 0 Å². The maximum atomic E-state index is 8.04. The highest BCUT2D eigenvalue weighted by molar-refractivity contribution is 7.14. The van der Waals surface area contributed by atoms with Crippen molar-refractivity contribution in [2.75, 3.05) is 0 Å². The minimum absolute atomic E-state index is 1.03. The summed E-state index contributed by atoms with van der Waals surface area (Å²) in [5.41, 5.74) is 4.13. The molecule has 0 spiro atoms. The van der Waals surface area contributed by atoms with Crippen LogP contribution in [-0.4, -0.2) is 25.2 Å². The molecule has 0 heterocycles. The molecule has 5 heteroatoms. The van der Waals surface area contributed by atoms with Crippen LogP contribution in [0, 0.1) is 0 Å². The number of rotatable bonds is 12. The average Bonchev–Trinajstić information content (AvgIpc) is 3.14. The van der Waals surface area contributed by atoms with Crippen LogP contribution < -0.4 is 31.1 Å². The van der Waals surface area contributed by atoms with Gasteiger partial charge in [-0.25, -0.2) is 0 Å². The van der Waals surface area contributed by atoms with Crippen molar-refractivity contribution in [2.24, 2.45) is 0 Å². The molecule has 0 aliphatic rings. The Balaban J connectivity index is 1.71. The van der Waals surface area contributed by atoms with E-state index in [0.717, 1.165) is 31.1 Å². The molecule has 0 amide bonds. The molecule has 0 atom stereocenters. The van der Waals surface area contributed by atoms with Crippen LogP contribution in [0.1, 0.15) is 0 Å². The Bertz CT molecular complexity index is 1600. The van der Waals surface area contributed by atoms with Gasteiger partial charge in [0.25, 0.3) is 16.6 Å². The van der Waals surface area contributed by atoms with Gasteiger partial charge in [0.1, 0.15) is 0 Å². The summed E-state index contributed by atoms with van der Waals surface area (Å²) in [5, 5.41) is 6.53. The zero-order chi connectivity index (χ0) is 31.0. The standard InChI is InChI=1S/C40H36O2Si3/c1-3-43(35-23-11-5-12-24-35,36-25-13-6-14-26-36)41-45(39-31-19-9-20-32-39,40-33-21-10-22-34-40)42-44(4-2,37-27-15-7-16-28-37)38-29-17-8-18-30-38/h3-34H,1-2H2. The fourth-order valence-corrected chi connectivity index (χ4v) is 20.6. The van der Waals surface area contributed by atoms with Gasteiger partial charge in [-0.05, 0) is 31.1 Å². The lowest BCUT2D eigenvalue weighted by Crippen LogP contribution is -2.78. The van der Waals surface area contributed by atoms with Gasteiger partial charge in [-0.1, -0.05) is 193 Å². The van der Waals surface area contributed by atoms with Crippen molar-refractivity contribution in [3.05, 3.63) is 207 Å². The van der Waals surface area contributed by atoms with E-state index in [1.807, 2.05) is 36.4 Å². The predicted octanol–water partition coefficient (Wildman–Crippen LogP) is 5.25. The average molecular weight is 633 g/mol. The maximum absolute atomic E-state index is 8.04. The van der Waals surface area contributed by atoms with Crippen molar-refractivity contribution in [1.82, 2.24) is 0 Å². The first-order valence-electron chi connectivity index (χ1n) is 15.2. The summed E-state index contributed by atoms with van der Waals surface area (Å²) in [4.78, 5) is 0. The van der Waals surface area contributed by atoms with Gasteiger partial charge in [0.05, 0.1) is 0 Å². The Labute approximate surface area is 270 Å². The fourth-order valence-electron chi connectivity index (χ4n) is 6.06. The second-order valence-corrected chi connectivity index (χ2v) is 21.0. The van der Waals surface area contributed by atoms with E-state index in [-0.39, 0.29) is 0 Å². The molecule has 2 nitrogen and oxygen atoms in total. The van der Waals surface area contributed by atoms with E-state index in [1.54, 1.807) is 0 Å². The summed E-state index contributed by atoms with van der Waals surface area (Å²) in [6.45, 7) is 8.97. The molecular formula is C40H36O2Si3. The Morgan fingerprint density at radius 2 is 0.511 bits per heavy atom. The summed E-state index contributed by atoms with van der Waals surface area (Å²) in [6.07, 6.45) is 0. The highest BCUT2D eigenvalue weighted by Gasteiger charge is 2.56. The lowest BCUT2D eigenvalue weighted by molar-refractivity contribution is 0.429. The van der Waals surface area contributed by atoms with Crippen molar-refractivity contribution in [3.63, 3.8) is 0 Å². The van der Waals surface area contributed by atoms with Gasteiger partial charge >= 0.3 is 8.56 Å². The van der Waals surface area contributed by atoms with Crippen LogP contribution in [0.4, 0.5) is 0 Å². The van der Waals surface area contributed by atoms with E-state index >= 15 is 0 Å². The normalized spacial score (nSPS) is 11.9. The molecule has 45 heavy (non-hydrogen) atoms. The predicted molar refractivity (Wildman–Crippen MR) is 196 cm³/mol. The lowest BCUT2D eigenvalue weighted by atomic mass is 10.4. The summed E-state index contributed by atoms with van der Waals surface area (Å²) < 4.78 is 16.1. The molecule has 0 aliphatic heterocycles. The Morgan fingerprint density at radius 1 is 0.311 bits per heavy atom. The molecule has 6 aromatic rings. The first-order chi connectivity index (χ1) is 22.2. The van der Waals surface area contributed by atoms with Gasteiger partial charge < -0.3 is 8.23 Å². The van der Waals surface area contributed by atoms with Gasteiger partial charge in [0, 0.05) is 0 Å². The second-order valence-electron chi connectivity index (χ2n) is 10.9. The van der Waals surface area contributed by atoms with Crippen molar-refractivity contribution in [2.45, 2.75) is 0 Å². The zero-order valence-corrected chi connectivity index (χ0v) is 28.2. The first kappa shape index (κ1) is 30.4.